The van der Waals surface area contributed by atoms with E-state index in [2.05, 4.69) is 172 Å². The Labute approximate surface area is 610 Å². The highest BCUT2D eigenvalue weighted by molar-refractivity contribution is 5.70. The maximum atomic E-state index is 13.0. The highest BCUT2D eigenvalue weighted by atomic mass is 16.7. The van der Waals surface area contributed by atoms with E-state index in [-0.39, 0.29) is 38.6 Å². The first kappa shape index (κ1) is 93.9. The molecule has 564 valence electrons. The third-order valence-corrected chi connectivity index (χ3v) is 17.3. The van der Waals surface area contributed by atoms with Crippen LogP contribution in [0, 0.1) is 0 Å². The molecule has 0 bridgehead atoms. The molecule has 2 atom stereocenters. The molecule has 0 aliphatic heterocycles. The number of ether oxygens (including phenoxy) is 4. The van der Waals surface area contributed by atoms with Gasteiger partial charge in [0.1, 0.15) is 13.2 Å². The predicted molar refractivity (Wildman–Crippen MR) is 425 cm³/mol. The van der Waals surface area contributed by atoms with Crippen LogP contribution in [0.25, 0.3) is 0 Å². The van der Waals surface area contributed by atoms with Crippen LogP contribution in [0.3, 0.4) is 0 Å². The zero-order valence-electron chi connectivity index (χ0n) is 64.6. The van der Waals surface area contributed by atoms with Gasteiger partial charge in [0, 0.05) is 12.8 Å². The van der Waals surface area contributed by atoms with Crippen molar-refractivity contribution in [3.05, 3.63) is 158 Å². The van der Waals surface area contributed by atoms with Crippen molar-refractivity contribution in [3.8, 4) is 0 Å². The molecule has 0 saturated carbocycles. The summed E-state index contributed by atoms with van der Waals surface area (Å²) in [7, 11) is 5.93. The maximum absolute atomic E-state index is 13.0. The molecular formula is C90H151NO8. The number of aliphatic carboxylic acids is 1. The van der Waals surface area contributed by atoms with Crippen molar-refractivity contribution in [1.82, 2.24) is 0 Å². The normalized spacial score (nSPS) is 13.5. The second-order valence-corrected chi connectivity index (χ2v) is 27.9. The van der Waals surface area contributed by atoms with E-state index in [0.29, 0.717) is 17.4 Å². The van der Waals surface area contributed by atoms with Crippen LogP contribution in [0.1, 0.15) is 335 Å². The fraction of sp³-hybridized carbons (Fsp3) is 0.678. The van der Waals surface area contributed by atoms with Gasteiger partial charge < -0.3 is 33.3 Å². The number of hydrogen-bond donors (Lipinski definition) is 0. The molecule has 0 aromatic heterocycles. The first-order valence-corrected chi connectivity index (χ1v) is 40.6. The lowest BCUT2D eigenvalue weighted by atomic mass is 10.0. The van der Waals surface area contributed by atoms with E-state index in [0.717, 1.165) is 128 Å². The molecule has 0 N–H and O–H groups in total. The summed E-state index contributed by atoms with van der Waals surface area (Å²) in [6.45, 7) is 4.54. The van der Waals surface area contributed by atoms with Gasteiger partial charge in [-0.2, -0.15) is 0 Å². The molecule has 9 heteroatoms. The number of rotatable bonds is 74. The highest BCUT2D eigenvalue weighted by Gasteiger charge is 2.22. The average molecular weight is 1380 g/mol. The van der Waals surface area contributed by atoms with E-state index in [1.807, 2.05) is 21.1 Å². The SMILES string of the molecule is CC/C=C\C/C=C\C/C=C\C/C=C\C/C=C\C/C=C\C/C=C\C/C=C\C/C=C\CCCCCCCCCCCC(=O)OC(COC(=O)CCCCCCCCCCCCCCCCCCCCCCCCCC/C=C\C/C=C\C/C=C\C/C=C\CC)COC(OCC[N+](C)(C)C)C(=O)[O-]. The number of likely N-dealkylation sites (N-methyl/N-ethyl adjacent to an activating group) is 1. The molecule has 0 heterocycles. The summed E-state index contributed by atoms with van der Waals surface area (Å²) in [4.78, 5) is 37.6. The van der Waals surface area contributed by atoms with Crippen LogP contribution in [0.15, 0.2) is 158 Å². The Morgan fingerprint density at radius 2 is 0.545 bits per heavy atom. The summed E-state index contributed by atoms with van der Waals surface area (Å²) in [5.74, 6) is -2.29. The van der Waals surface area contributed by atoms with Crippen molar-refractivity contribution in [2.45, 2.75) is 347 Å². The first-order chi connectivity index (χ1) is 48.6. The van der Waals surface area contributed by atoms with Gasteiger partial charge in [0.05, 0.1) is 40.3 Å². The predicted octanol–water partition coefficient (Wildman–Crippen LogP) is 25.0. The Morgan fingerprint density at radius 3 is 0.808 bits per heavy atom. The monoisotopic (exact) mass is 1370 g/mol. The van der Waals surface area contributed by atoms with Gasteiger partial charge in [0.25, 0.3) is 0 Å². The standard InChI is InChI=1S/C90H151NO8/c1-6-8-10-12-14-16-18-20-22-24-26-28-30-32-34-36-38-40-42-44-46-48-50-52-54-56-58-60-62-64-66-68-70-72-74-76-78-80-87(92)97-84-86(85-98-90(89(94)95)96-83-82-91(3,4)5)99-88(93)81-79-77-75-73-71-69-67-65-63-61-59-57-55-53-51-49-47-45-43-41-39-37-35-33-31-29-27-25-23-21-19-17-15-13-11-9-7-2/h8-11,14-17,20-23,26-29,33,35,39,41,45,47,51,53,57,59,86,90H,6-7,12-13,18-19,24-25,30-32,34,36-38,40,42-44,46,48-50,52,54-56,58,60-85H2,1-5H3/b10-8-,11-9-,16-14-,17-15-,22-20-,23-21-,28-26-,29-27-,35-33-,41-39-,47-45-,53-51-,59-57-. The summed E-state index contributed by atoms with van der Waals surface area (Å²) in [6, 6.07) is 0. The molecule has 99 heavy (non-hydrogen) atoms. The Kier molecular flexibility index (Phi) is 74.6. The minimum absolute atomic E-state index is 0.141. The molecule has 0 aliphatic carbocycles. The number of hydrogen-bond acceptors (Lipinski definition) is 8. The quantitative estimate of drug-likeness (QED) is 0.0195. The van der Waals surface area contributed by atoms with E-state index in [9.17, 15) is 19.5 Å². The number of esters is 2. The van der Waals surface area contributed by atoms with Crippen LogP contribution < -0.4 is 5.11 Å². The van der Waals surface area contributed by atoms with Gasteiger partial charge in [-0.05, 0) is 122 Å². The fourth-order valence-corrected chi connectivity index (χ4v) is 11.2. The van der Waals surface area contributed by atoms with Crippen molar-refractivity contribution in [2.75, 3.05) is 47.5 Å². The molecule has 9 nitrogen and oxygen atoms in total. The van der Waals surface area contributed by atoms with Crippen LogP contribution in [-0.4, -0.2) is 82.3 Å². The lowest BCUT2D eigenvalue weighted by molar-refractivity contribution is -0.870. The molecule has 0 aliphatic rings. The summed E-state index contributed by atoms with van der Waals surface area (Å²) in [6.07, 6.45) is 114. The molecule has 2 unspecified atom stereocenters. The number of nitrogens with zero attached hydrogens (tertiary/aromatic N) is 1. The van der Waals surface area contributed by atoms with Crippen LogP contribution in [0.2, 0.25) is 0 Å². The third kappa shape index (κ3) is 80.1. The van der Waals surface area contributed by atoms with Crippen LogP contribution >= 0.6 is 0 Å². The second kappa shape index (κ2) is 78.6. The zero-order valence-corrected chi connectivity index (χ0v) is 64.6. The van der Waals surface area contributed by atoms with E-state index in [1.54, 1.807) is 0 Å². The summed E-state index contributed by atoms with van der Waals surface area (Å²) in [5.41, 5.74) is 0. The van der Waals surface area contributed by atoms with Gasteiger partial charge in [-0.3, -0.25) is 9.59 Å². The molecular weight excluding hydrogens is 1220 g/mol. The van der Waals surface area contributed by atoms with Crippen molar-refractivity contribution < 1.29 is 42.9 Å². The van der Waals surface area contributed by atoms with Crippen molar-refractivity contribution in [2.24, 2.45) is 0 Å². The molecule has 0 saturated heterocycles. The van der Waals surface area contributed by atoms with Crippen LogP contribution in [0.4, 0.5) is 0 Å². The van der Waals surface area contributed by atoms with E-state index >= 15 is 0 Å². The number of unbranched alkanes of at least 4 members (excludes halogenated alkanes) is 33. The molecule has 0 aromatic carbocycles. The van der Waals surface area contributed by atoms with Crippen LogP contribution in [0.5, 0.6) is 0 Å². The van der Waals surface area contributed by atoms with E-state index in [1.165, 1.54) is 173 Å². The lowest BCUT2D eigenvalue weighted by Crippen LogP contribution is -2.44. The van der Waals surface area contributed by atoms with Gasteiger partial charge in [0.2, 0.25) is 0 Å². The van der Waals surface area contributed by atoms with Gasteiger partial charge in [-0.15, -0.1) is 0 Å². The van der Waals surface area contributed by atoms with E-state index in [4.69, 9.17) is 18.9 Å². The van der Waals surface area contributed by atoms with Crippen molar-refractivity contribution >= 4 is 17.9 Å². The average Bonchev–Trinajstić information content (AvgIpc) is 2.19. The highest BCUT2D eigenvalue weighted by Crippen LogP contribution is 2.18. The molecule has 0 rings (SSSR count). The second-order valence-electron chi connectivity index (χ2n) is 27.9. The first-order valence-electron chi connectivity index (χ1n) is 40.6. The van der Waals surface area contributed by atoms with Gasteiger partial charge in [0.15, 0.2) is 12.4 Å². The molecule has 0 aromatic rings. The minimum Gasteiger partial charge on any atom is -0.545 e. The number of carbonyl (C=O) groups excluding carboxylic acids is 3. The number of quaternary nitrogens is 1. The van der Waals surface area contributed by atoms with Crippen molar-refractivity contribution in [1.29, 1.82) is 0 Å². The number of carboxylic acids is 1. The van der Waals surface area contributed by atoms with Crippen molar-refractivity contribution in [3.63, 3.8) is 0 Å². The van der Waals surface area contributed by atoms with Crippen LogP contribution in [-0.2, 0) is 33.3 Å². The van der Waals surface area contributed by atoms with E-state index < -0.39 is 24.3 Å². The number of carboxylic acid groups (broad SMARTS) is 1. The largest absolute Gasteiger partial charge is 0.545 e. The zero-order chi connectivity index (χ0) is 71.8. The molecule has 0 radical (unpaired) electrons. The Morgan fingerprint density at radius 1 is 0.303 bits per heavy atom. The number of carbonyl (C=O) groups is 3. The summed E-state index contributed by atoms with van der Waals surface area (Å²) >= 11 is 0. The molecule has 0 amide bonds. The van der Waals surface area contributed by atoms with Gasteiger partial charge >= 0.3 is 11.9 Å². The Balaban J connectivity index is 4.06. The smallest absolute Gasteiger partial charge is 0.306 e. The Bertz CT molecular complexity index is 2200. The summed E-state index contributed by atoms with van der Waals surface area (Å²) < 4.78 is 22.9. The summed E-state index contributed by atoms with van der Waals surface area (Å²) in [5, 5.41) is 11.9. The maximum Gasteiger partial charge on any atom is 0.306 e. The van der Waals surface area contributed by atoms with Gasteiger partial charge in [-0.25, -0.2) is 0 Å². The lowest BCUT2D eigenvalue weighted by Gasteiger charge is -2.26. The topological polar surface area (TPSA) is 111 Å². The molecule has 0 spiro atoms. The number of allylic oxidation sites excluding steroid dienone is 26. The third-order valence-electron chi connectivity index (χ3n) is 17.3. The molecule has 0 fully saturated rings. The van der Waals surface area contributed by atoms with Gasteiger partial charge in [-0.1, -0.05) is 358 Å². The fourth-order valence-electron chi connectivity index (χ4n) is 11.2. The Hall–Kier alpha value is -5.09. The minimum atomic E-state index is -1.63.